The normalized spacial score (nSPS) is 25.8. The van der Waals surface area contributed by atoms with Gasteiger partial charge in [0.05, 0.1) is 44.7 Å². The zero-order chi connectivity index (χ0) is 45.7. The minimum absolute atomic E-state index is 0.0109. The van der Waals surface area contributed by atoms with Gasteiger partial charge in [-0.15, -0.1) is 0 Å². The van der Waals surface area contributed by atoms with Crippen molar-refractivity contribution in [2.75, 3.05) is 21.3 Å². The predicted octanol–water partition coefficient (Wildman–Crippen LogP) is 3.52. The van der Waals surface area contributed by atoms with Crippen molar-refractivity contribution >= 4 is 21.9 Å². The molecule has 64 heavy (non-hydrogen) atoms. The van der Waals surface area contributed by atoms with Gasteiger partial charge in [-0.2, -0.15) is 0 Å². The van der Waals surface area contributed by atoms with E-state index in [4.69, 9.17) is 46.7 Å². The highest BCUT2D eigenvalue weighted by Crippen LogP contribution is 2.39. The van der Waals surface area contributed by atoms with Gasteiger partial charge in [-0.25, -0.2) is 0 Å². The highest BCUT2D eigenvalue weighted by Gasteiger charge is 2.49. The third-order valence-electron chi connectivity index (χ3n) is 11.2. The molecule has 0 amide bonds. The molecule has 2 fully saturated rings. The number of rotatable bonds is 11. The van der Waals surface area contributed by atoms with Crippen LogP contribution in [0, 0.1) is 0 Å². The van der Waals surface area contributed by atoms with Gasteiger partial charge in [-0.3, -0.25) is 9.59 Å². The highest BCUT2D eigenvalue weighted by molar-refractivity contribution is 5.90. The Morgan fingerprint density at radius 3 is 1.55 bits per heavy atom. The first-order chi connectivity index (χ1) is 30.6. The molecule has 10 atom stereocenters. The molecule has 4 heterocycles. The van der Waals surface area contributed by atoms with Crippen molar-refractivity contribution in [1.82, 2.24) is 0 Å². The summed E-state index contributed by atoms with van der Waals surface area (Å²) in [6.45, 7) is 3.00. The van der Waals surface area contributed by atoms with Crippen molar-refractivity contribution < 1.29 is 82.5 Å². The summed E-state index contributed by atoms with van der Waals surface area (Å²) in [7, 11) is 4.29. The van der Waals surface area contributed by atoms with Crippen LogP contribution < -0.4 is 34.5 Å². The first-order valence-electron chi connectivity index (χ1n) is 19.8. The maximum absolute atomic E-state index is 13.8. The van der Waals surface area contributed by atoms with E-state index < -0.39 is 83.8 Å². The number of benzene rings is 4. The largest absolute Gasteiger partial charge is 0.507 e. The van der Waals surface area contributed by atoms with Crippen LogP contribution in [0.1, 0.15) is 13.8 Å². The molecule has 19 heteroatoms. The Labute approximate surface area is 362 Å². The van der Waals surface area contributed by atoms with Crippen molar-refractivity contribution in [3.63, 3.8) is 0 Å². The van der Waals surface area contributed by atoms with Gasteiger partial charge in [-0.05, 0) is 49.2 Å². The Kier molecular flexibility index (Phi) is 12.2. The van der Waals surface area contributed by atoms with Gasteiger partial charge in [-0.1, -0.05) is 12.1 Å². The van der Waals surface area contributed by atoms with Crippen molar-refractivity contribution in [1.29, 1.82) is 0 Å². The smallest absolute Gasteiger partial charge is 0.229 e. The molecule has 10 unspecified atom stereocenters. The van der Waals surface area contributed by atoms with Gasteiger partial charge >= 0.3 is 0 Å². The van der Waals surface area contributed by atoms with E-state index in [0.29, 0.717) is 22.6 Å². The average Bonchev–Trinajstić information content (AvgIpc) is 3.27. The minimum atomic E-state index is -1.69. The van der Waals surface area contributed by atoms with Crippen molar-refractivity contribution in [3.8, 4) is 68.2 Å². The fourth-order valence-corrected chi connectivity index (χ4v) is 7.70. The Morgan fingerprint density at radius 2 is 1.02 bits per heavy atom. The van der Waals surface area contributed by atoms with E-state index in [-0.39, 0.29) is 56.1 Å². The Bertz CT molecular complexity index is 2820. The fraction of sp³-hybridized carbons (Fsp3) is 0.333. The van der Waals surface area contributed by atoms with Crippen LogP contribution in [0.15, 0.2) is 91.6 Å². The van der Waals surface area contributed by atoms with Crippen LogP contribution in [0.25, 0.3) is 44.2 Å². The van der Waals surface area contributed by atoms with E-state index in [1.165, 1.54) is 90.2 Å². The van der Waals surface area contributed by atoms with Crippen LogP contribution in [-0.2, 0) is 14.2 Å². The van der Waals surface area contributed by atoms with Crippen LogP contribution >= 0.6 is 0 Å². The molecule has 0 spiro atoms. The summed E-state index contributed by atoms with van der Waals surface area (Å²) in [5, 5.41) is 74.3. The van der Waals surface area contributed by atoms with Gasteiger partial charge in [0.15, 0.2) is 29.3 Å². The number of phenols is 2. The van der Waals surface area contributed by atoms with Crippen molar-refractivity contribution in [2.45, 2.75) is 75.3 Å². The lowest BCUT2D eigenvalue weighted by molar-refractivity contribution is -0.345. The van der Waals surface area contributed by atoms with Crippen LogP contribution in [0.5, 0.6) is 46.0 Å². The summed E-state index contributed by atoms with van der Waals surface area (Å²) in [4.78, 5) is 27.4. The number of aliphatic hydroxyl groups excluding tert-OH is 5. The number of fused-ring (bicyclic) bond motifs is 2. The molecule has 0 saturated carbocycles. The first-order valence-corrected chi connectivity index (χ1v) is 19.8. The minimum Gasteiger partial charge on any atom is -0.507 e. The second-order valence-electron chi connectivity index (χ2n) is 15.2. The number of aromatic hydroxyl groups is 2. The van der Waals surface area contributed by atoms with Crippen molar-refractivity contribution in [3.05, 3.63) is 93.6 Å². The Hall–Kier alpha value is -6.42. The van der Waals surface area contributed by atoms with Crippen LogP contribution in [-0.4, -0.2) is 118 Å². The van der Waals surface area contributed by atoms with E-state index in [9.17, 15) is 45.3 Å². The summed E-state index contributed by atoms with van der Waals surface area (Å²) in [6, 6.07) is 14.4. The maximum atomic E-state index is 13.8. The summed E-state index contributed by atoms with van der Waals surface area (Å²) in [5.41, 5.74) is -0.214. The molecule has 2 aliphatic rings. The number of methoxy groups -OCH3 is 3. The summed E-state index contributed by atoms with van der Waals surface area (Å²) < 4.78 is 56.6. The highest BCUT2D eigenvalue weighted by atomic mass is 16.7. The Balaban J connectivity index is 0.991. The summed E-state index contributed by atoms with van der Waals surface area (Å²) >= 11 is 0. The second-order valence-corrected chi connectivity index (χ2v) is 15.2. The van der Waals surface area contributed by atoms with E-state index in [1.54, 1.807) is 18.2 Å². The molecular weight excluding hydrogens is 844 g/mol. The number of ether oxygens (including phenoxy) is 8. The summed E-state index contributed by atoms with van der Waals surface area (Å²) in [5.74, 6) is 0.132. The molecule has 7 N–H and O–H groups in total. The van der Waals surface area contributed by atoms with E-state index in [0.717, 1.165) is 0 Å². The lowest BCUT2D eigenvalue weighted by Crippen LogP contribution is -2.63. The monoisotopic (exact) mass is 888 g/mol. The molecule has 0 bridgehead atoms. The molecule has 0 aliphatic carbocycles. The van der Waals surface area contributed by atoms with Gasteiger partial charge < -0.3 is 82.5 Å². The fourth-order valence-electron chi connectivity index (χ4n) is 7.70. The molecular formula is C45H44O19. The van der Waals surface area contributed by atoms with Gasteiger partial charge in [0.25, 0.3) is 0 Å². The topological polar surface area (TPSA) is 276 Å². The van der Waals surface area contributed by atoms with Gasteiger partial charge in [0.1, 0.15) is 94.1 Å². The molecule has 0 radical (unpaired) electrons. The zero-order valence-corrected chi connectivity index (χ0v) is 34.7. The van der Waals surface area contributed by atoms with Gasteiger partial charge in [0, 0.05) is 24.3 Å². The number of hydrogen-bond acceptors (Lipinski definition) is 19. The molecule has 6 aromatic rings. The lowest BCUT2D eigenvalue weighted by Gasteiger charge is -2.45. The Morgan fingerprint density at radius 1 is 0.531 bits per heavy atom. The third-order valence-corrected chi connectivity index (χ3v) is 11.2. The quantitative estimate of drug-likeness (QED) is 0.0980. The molecule has 4 aromatic carbocycles. The van der Waals surface area contributed by atoms with Crippen LogP contribution in [0.3, 0.4) is 0 Å². The lowest BCUT2D eigenvalue weighted by atomic mass is 9.97. The standard InChI is InChI=1S/C45H44O19/c1-18-36(48)39(51)41(53)45(60-18)64-43-19(2)61-44(42(54)40(43)52)63-29-9-7-21(11-31(29)57-5)25-17-59-33-15-23(13-27(47)35(33)38(25)50)62-22-12-26(46)34-32(14-22)58-16-24(37(34)49)20-6-8-28(55-3)30(10-20)56-4/h6-19,36,39-48,51-54H,1-5H3. The molecule has 8 rings (SSSR count). The molecule has 2 aromatic heterocycles. The van der Waals surface area contributed by atoms with Crippen molar-refractivity contribution in [2.24, 2.45) is 0 Å². The first kappa shape index (κ1) is 44.2. The summed E-state index contributed by atoms with van der Waals surface area (Å²) in [6.07, 6.45) is -11.5. The molecule has 2 aliphatic heterocycles. The number of phenolic OH excluding ortho intramolecular Hbond substituents is 2. The zero-order valence-electron chi connectivity index (χ0n) is 34.7. The van der Waals surface area contributed by atoms with E-state index in [1.807, 2.05) is 0 Å². The van der Waals surface area contributed by atoms with E-state index in [2.05, 4.69) is 0 Å². The van der Waals surface area contributed by atoms with E-state index >= 15 is 0 Å². The third kappa shape index (κ3) is 8.03. The second kappa shape index (κ2) is 17.6. The predicted molar refractivity (Wildman–Crippen MR) is 223 cm³/mol. The van der Waals surface area contributed by atoms with Crippen LogP contribution in [0.4, 0.5) is 0 Å². The average molecular weight is 889 g/mol. The molecule has 19 nitrogen and oxygen atoms in total. The number of aliphatic hydroxyl groups is 5. The maximum Gasteiger partial charge on any atom is 0.229 e. The SMILES string of the molecule is COc1ccc(-c2coc3cc(Oc4cc(O)c5c(=O)c(-c6ccc(OC7OC(C)C(OC8OC(C)C(O)C(O)C8O)C(O)C7O)c(OC)c6)coc5c4)cc(O)c3c2=O)cc1OC. The number of hydrogen-bond donors (Lipinski definition) is 7. The van der Waals surface area contributed by atoms with Crippen LogP contribution in [0.2, 0.25) is 0 Å². The molecule has 338 valence electrons. The molecule has 2 saturated heterocycles. The van der Waals surface area contributed by atoms with Gasteiger partial charge in [0.2, 0.25) is 17.1 Å².